The summed E-state index contributed by atoms with van der Waals surface area (Å²) in [6.07, 6.45) is 1.06. The van der Waals surface area contributed by atoms with E-state index in [9.17, 15) is 4.79 Å². The first-order valence-corrected chi connectivity index (χ1v) is 6.00. The minimum Gasteiger partial charge on any atom is -0.465 e. The van der Waals surface area contributed by atoms with Gasteiger partial charge in [0.15, 0.2) is 0 Å². The Morgan fingerprint density at radius 1 is 1.61 bits per heavy atom. The molecule has 98 valence electrons. The maximum absolute atomic E-state index is 11.4. The van der Waals surface area contributed by atoms with Crippen LogP contribution in [0.2, 0.25) is 0 Å². The van der Waals surface area contributed by atoms with Gasteiger partial charge in [0, 0.05) is 19.1 Å². The zero-order chi connectivity index (χ0) is 13.0. The molecule has 2 rings (SSSR count). The van der Waals surface area contributed by atoms with Crippen molar-refractivity contribution in [1.29, 1.82) is 0 Å². The first-order chi connectivity index (χ1) is 8.70. The van der Waals surface area contributed by atoms with Crippen molar-refractivity contribution in [2.24, 2.45) is 5.92 Å². The number of methoxy groups -OCH3 is 1. The number of nitrogens with one attached hydrogen (secondary N) is 1. The molecule has 5 heteroatoms. The largest absolute Gasteiger partial charge is 0.465 e. The van der Waals surface area contributed by atoms with Gasteiger partial charge in [-0.2, -0.15) is 0 Å². The fraction of sp³-hybridized carbons (Fsp3) is 0.462. The maximum Gasteiger partial charge on any atom is 0.337 e. The summed E-state index contributed by atoms with van der Waals surface area (Å²) in [6, 6.07) is 5.09. The Labute approximate surface area is 106 Å². The highest BCUT2D eigenvalue weighted by molar-refractivity contribution is 5.91. The van der Waals surface area contributed by atoms with Crippen molar-refractivity contribution in [1.82, 2.24) is 0 Å². The summed E-state index contributed by atoms with van der Waals surface area (Å²) < 4.78 is 9.99. The number of hydrogen-bond donors (Lipinski definition) is 2. The Balaban J connectivity index is 2.03. The van der Waals surface area contributed by atoms with Crippen molar-refractivity contribution in [3.8, 4) is 0 Å². The highest BCUT2D eigenvalue weighted by Crippen LogP contribution is 2.22. The number of benzene rings is 1. The summed E-state index contributed by atoms with van der Waals surface area (Å²) in [4.78, 5) is 11.4. The number of hydrogen-bond acceptors (Lipinski definition) is 5. The average molecular weight is 250 g/mol. The van der Waals surface area contributed by atoms with Crippen molar-refractivity contribution in [3.63, 3.8) is 0 Å². The third-order valence-corrected chi connectivity index (χ3v) is 3.08. The van der Waals surface area contributed by atoms with Crippen LogP contribution in [-0.4, -0.2) is 32.8 Å². The fourth-order valence-corrected chi connectivity index (χ4v) is 1.95. The highest BCUT2D eigenvalue weighted by atomic mass is 16.5. The monoisotopic (exact) mass is 250 g/mol. The van der Waals surface area contributed by atoms with Gasteiger partial charge in [0.25, 0.3) is 0 Å². The normalized spacial score (nSPS) is 18.6. The zero-order valence-electron chi connectivity index (χ0n) is 10.4. The maximum atomic E-state index is 11.4. The summed E-state index contributed by atoms with van der Waals surface area (Å²) in [5.41, 5.74) is 7.76. The van der Waals surface area contributed by atoms with E-state index >= 15 is 0 Å². The van der Waals surface area contributed by atoms with Gasteiger partial charge in [-0.25, -0.2) is 4.79 Å². The van der Waals surface area contributed by atoms with Crippen LogP contribution in [0.5, 0.6) is 0 Å². The quantitative estimate of drug-likeness (QED) is 0.626. The first kappa shape index (κ1) is 12.7. The molecule has 1 atom stereocenters. The van der Waals surface area contributed by atoms with Crippen LogP contribution in [-0.2, 0) is 9.47 Å². The first-order valence-electron chi connectivity index (χ1n) is 6.00. The predicted octanol–water partition coefficient (Wildman–Crippen LogP) is 1.50. The Morgan fingerprint density at radius 2 is 2.44 bits per heavy atom. The van der Waals surface area contributed by atoms with Gasteiger partial charge in [0.05, 0.1) is 30.7 Å². The highest BCUT2D eigenvalue weighted by Gasteiger charge is 2.16. The molecule has 0 spiro atoms. The molecule has 0 aromatic heterocycles. The molecular formula is C13H18N2O3. The molecule has 3 N–H and O–H groups in total. The molecule has 1 aromatic rings. The molecule has 0 radical (unpaired) electrons. The second-order valence-electron chi connectivity index (χ2n) is 4.40. The topological polar surface area (TPSA) is 73.6 Å². The Morgan fingerprint density at radius 3 is 3.11 bits per heavy atom. The molecule has 0 aliphatic carbocycles. The molecule has 0 saturated carbocycles. The van der Waals surface area contributed by atoms with Gasteiger partial charge in [-0.3, -0.25) is 0 Å². The van der Waals surface area contributed by atoms with Crippen LogP contribution in [0, 0.1) is 5.92 Å². The molecule has 1 fully saturated rings. The van der Waals surface area contributed by atoms with Crippen LogP contribution in [0.25, 0.3) is 0 Å². The van der Waals surface area contributed by atoms with E-state index in [2.05, 4.69) is 10.1 Å². The number of esters is 1. The molecule has 0 bridgehead atoms. The third kappa shape index (κ3) is 2.92. The fourth-order valence-electron chi connectivity index (χ4n) is 1.95. The third-order valence-electron chi connectivity index (χ3n) is 3.08. The number of carbonyl (C=O) groups is 1. The molecule has 1 heterocycles. The summed E-state index contributed by atoms with van der Waals surface area (Å²) in [5, 5.41) is 3.26. The van der Waals surface area contributed by atoms with Gasteiger partial charge in [-0.05, 0) is 24.6 Å². The second-order valence-corrected chi connectivity index (χ2v) is 4.40. The van der Waals surface area contributed by atoms with Gasteiger partial charge in [-0.15, -0.1) is 0 Å². The lowest BCUT2D eigenvalue weighted by Gasteiger charge is -2.13. The number of nitrogen functional groups attached to an aromatic ring is 1. The number of nitrogens with two attached hydrogens (primary N) is 1. The van der Waals surface area contributed by atoms with E-state index in [0.717, 1.165) is 31.9 Å². The van der Waals surface area contributed by atoms with E-state index in [0.29, 0.717) is 17.2 Å². The molecule has 1 saturated heterocycles. The van der Waals surface area contributed by atoms with Gasteiger partial charge in [0.1, 0.15) is 0 Å². The van der Waals surface area contributed by atoms with E-state index in [4.69, 9.17) is 10.5 Å². The summed E-state index contributed by atoms with van der Waals surface area (Å²) >= 11 is 0. The van der Waals surface area contributed by atoms with Crippen LogP contribution >= 0.6 is 0 Å². The molecule has 5 nitrogen and oxygen atoms in total. The zero-order valence-corrected chi connectivity index (χ0v) is 10.4. The van der Waals surface area contributed by atoms with Gasteiger partial charge < -0.3 is 20.5 Å². The molecule has 1 aliphatic rings. The summed E-state index contributed by atoms with van der Waals surface area (Å²) in [6.45, 7) is 2.41. The number of rotatable bonds is 4. The van der Waals surface area contributed by atoms with Crippen LogP contribution in [0.4, 0.5) is 11.4 Å². The second kappa shape index (κ2) is 5.73. The Kier molecular flexibility index (Phi) is 4.04. The lowest BCUT2D eigenvalue weighted by atomic mass is 10.1. The van der Waals surface area contributed by atoms with Crippen LogP contribution in [0.1, 0.15) is 16.8 Å². The predicted molar refractivity (Wildman–Crippen MR) is 69.6 cm³/mol. The Hall–Kier alpha value is -1.75. The molecular weight excluding hydrogens is 232 g/mol. The van der Waals surface area contributed by atoms with Gasteiger partial charge in [-0.1, -0.05) is 0 Å². The number of ether oxygens (including phenoxy) is 2. The lowest BCUT2D eigenvalue weighted by Crippen LogP contribution is -2.15. The van der Waals surface area contributed by atoms with Gasteiger partial charge in [0.2, 0.25) is 0 Å². The summed E-state index contributed by atoms with van der Waals surface area (Å²) in [7, 11) is 1.36. The van der Waals surface area contributed by atoms with Crippen LogP contribution < -0.4 is 11.1 Å². The summed E-state index contributed by atoms with van der Waals surface area (Å²) in [5.74, 6) is 0.147. The smallest absolute Gasteiger partial charge is 0.337 e. The molecule has 1 aromatic carbocycles. The SMILES string of the molecule is COC(=O)c1ccc(N)c(NC[C@H]2CCOC2)c1. The number of carbonyl (C=O) groups excluding carboxylic acids is 1. The van der Waals surface area contributed by atoms with E-state index in [1.54, 1.807) is 18.2 Å². The van der Waals surface area contributed by atoms with E-state index < -0.39 is 0 Å². The molecule has 0 amide bonds. The minimum atomic E-state index is -0.359. The van der Waals surface area contributed by atoms with Crippen molar-refractivity contribution in [2.75, 3.05) is 37.9 Å². The molecule has 18 heavy (non-hydrogen) atoms. The van der Waals surface area contributed by atoms with Gasteiger partial charge >= 0.3 is 5.97 Å². The minimum absolute atomic E-state index is 0.359. The van der Waals surface area contributed by atoms with E-state index in [1.807, 2.05) is 0 Å². The van der Waals surface area contributed by atoms with Crippen LogP contribution in [0.15, 0.2) is 18.2 Å². The van der Waals surface area contributed by atoms with E-state index in [-0.39, 0.29) is 5.97 Å². The van der Waals surface area contributed by atoms with Crippen LogP contribution in [0.3, 0.4) is 0 Å². The molecule has 1 aliphatic heterocycles. The van der Waals surface area contributed by atoms with Crippen molar-refractivity contribution >= 4 is 17.3 Å². The van der Waals surface area contributed by atoms with Crippen molar-refractivity contribution < 1.29 is 14.3 Å². The Bertz CT molecular complexity index is 428. The van der Waals surface area contributed by atoms with Crippen molar-refractivity contribution in [2.45, 2.75) is 6.42 Å². The standard InChI is InChI=1S/C13H18N2O3/c1-17-13(16)10-2-3-11(14)12(6-10)15-7-9-4-5-18-8-9/h2-3,6,9,15H,4-5,7-8,14H2,1H3/t9-/m1/s1. The lowest BCUT2D eigenvalue weighted by molar-refractivity contribution is 0.0601. The number of anilines is 2. The van der Waals surface area contributed by atoms with E-state index in [1.165, 1.54) is 7.11 Å². The van der Waals surface area contributed by atoms with Crippen molar-refractivity contribution in [3.05, 3.63) is 23.8 Å². The molecule has 0 unspecified atom stereocenters. The average Bonchev–Trinajstić information content (AvgIpc) is 2.90.